The van der Waals surface area contributed by atoms with Crippen LogP contribution in [-0.4, -0.2) is 12.6 Å². The van der Waals surface area contributed by atoms with Crippen LogP contribution in [0.15, 0.2) is 42.5 Å². The van der Waals surface area contributed by atoms with Gasteiger partial charge < -0.3 is 9.47 Å². The number of unbranched alkanes of at least 4 members (excludes halogenated alkanes) is 5. The number of rotatable bonds is 10. The molecule has 0 saturated carbocycles. The molecule has 0 aliphatic heterocycles. The van der Waals surface area contributed by atoms with Crippen molar-refractivity contribution in [3.63, 3.8) is 0 Å². The first kappa shape index (κ1) is 28.6. The van der Waals surface area contributed by atoms with Gasteiger partial charge in [0.1, 0.15) is 11.3 Å². The van der Waals surface area contributed by atoms with Gasteiger partial charge in [0, 0.05) is 5.56 Å². The molecule has 0 radical (unpaired) electrons. The molecule has 0 aliphatic carbocycles. The van der Waals surface area contributed by atoms with Gasteiger partial charge in [0.05, 0.1) is 12.2 Å². The summed E-state index contributed by atoms with van der Waals surface area (Å²) in [5.74, 6) is -6.60. The lowest BCUT2D eigenvalue weighted by atomic mass is 10.1. The molecule has 3 aromatic carbocycles. The van der Waals surface area contributed by atoms with Gasteiger partial charge >= 0.3 is 5.97 Å². The van der Waals surface area contributed by atoms with Crippen molar-refractivity contribution in [3.05, 3.63) is 94.1 Å². The number of esters is 1. The van der Waals surface area contributed by atoms with E-state index in [1.54, 1.807) is 0 Å². The molecule has 0 N–H and O–H groups in total. The first-order chi connectivity index (χ1) is 18.2. The van der Waals surface area contributed by atoms with Crippen molar-refractivity contribution in [1.29, 1.82) is 0 Å². The second-order valence-electron chi connectivity index (χ2n) is 8.37. The second kappa shape index (κ2) is 13.6. The van der Waals surface area contributed by atoms with Gasteiger partial charge in [0.25, 0.3) is 0 Å². The number of halogens is 6. The molecule has 0 spiro atoms. The standard InChI is InChI=1S/C29H24F6O3/c1-2-3-4-5-6-7-16-37-28-26(34)24(32)21(25(33)27(28)35)14-10-18-8-12-20(13-9-18)38-29(36)19-11-15-22(30)23(31)17-19/h8-9,11-13,15,17H,2-7,16H2,1H3. The fourth-order valence-electron chi connectivity index (χ4n) is 3.43. The maximum Gasteiger partial charge on any atom is 0.343 e. The monoisotopic (exact) mass is 534 g/mol. The molecule has 0 aromatic heterocycles. The highest BCUT2D eigenvalue weighted by molar-refractivity contribution is 5.91. The number of carbonyl (C=O) groups excluding carboxylic acids is 1. The molecule has 38 heavy (non-hydrogen) atoms. The first-order valence-electron chi connectivity index (χ1n) is 12.0. The van der Waals surface area contributed by atoms with Crippen LogP contribution in [-0.2, 0) is 0 Å². The zero-order valence-corrected chi connectivity index (χ0v) is 20.5. The highest BCUT2D eigenvalue weighted by Crippen LogP contribution is 2.30. The van der Waals surface area contributed by atoms with Crippen LogP contribution < -0.4 is 9.47 Å². The van der Waals surface area contributed by atoms with Gasteiger partial charge in [-0.2, -0.15) is 8.78 Å². The third-order valence-corrected chi connectivity index (χ3v) is 5.52. The Hall–Kier alpha value is -3.93. The van der Waals surface area contributed by atoms with Crippen LogP contribution in [0.2, 0.25) is 0 Å². The average Bonchev–Trinajstić information content (AvgIpc) is 2.91. The van der Waals surface area contributed by atoms with Crippen LogP contribution in [0, 0.1) is 46.7 Å². The fourth-order valence-corrected chi connectivity index (χ4v) is 3.43. The van der Waals surface area contributed by atoms with E-state index in [-0.39, 0.29) is 23.5 Å². The van der Waals surface area contributed by atoms with Crippen molar-refractivity contribution in [3.8, 4) is 23.3 Å². The summed E-state index contributed by atoms with van der Waals surface area (Å²) in [7, 11) is 0. The summed E-state index contributed by atoms with van der Waals surface area (Å²) in [5, 5.41) is 0. The zero-order chi connectivity index (χ0) is 27.7. The summed E-state index contributed by atoms with van der Waals surface area (Å²) in [6, 6.07) is 7.73. The minimum Gasteiger partial charge on any atom is -0.487 e. The Kier molecular flexibility index (Phi) is 10.2. The molecular formula is C29H24F6O3. The molecule has 3 aromatic rings. The maximum absolute atomic E-state index is 14.5. The Bertz CT molecular complexity index is 1310. The number of hydrogen-bond donors (Lipinski definition) is 0. The van der Waals surface area contributed by atoms with E-state index in [0.29, 0.717) is 12.5 Å². The predicted molar refractivity (Wildman–Crippen MR) is 129 cm³/mol. The van der Waals surface area contributed by atoms with Crippen molar-refractivity contribution in [2.45, 2.75) is 45.4 Å². The Labute approximate surface area is 216 Å². The Morgan fingerprint density at radius 3 is 2.00 bits per heavy atom. The lowest BCUT2D eigenvalue weighted by Crippen LogP contribution is -2.09. The van der Waals surface area contributed by atoms with Crippen molar-refractivity contribution in [2.75, 3.05) is 6.61 Å². The molecule has 0 fully saturated rings. The average molecular weight is 534 g/mol. The number of benzene rings is 3. The normalized spacial score (nSPS) is 10.6. The fraction of sp³-hybridized carbons (Fsp3) is 0.276. The van der Waals surface area contributed by atoms with Crippen LogP contribution in [0.3, 0.4) is 0 Å². The van der Waals surface area contributed by atoms with E-state index in [9.17, 15) is 31.1 Å². The van der Waals surface area contributed by atoms with Gasteiger partial charge in [-0.1, -0.05) is 50.9 Å². The summed E-state index contributed by atoms with van der Waals surface area (Å²) in [4.78, 5) is 12.1. The van der Waals surface area contributed by atoms with Crippen LogP contribution in [0.4, 0.5) is 26.3 Å². The van der Waals surface area contributed by atoms with Crippen LogP contribution >= 0.6 is 0 Å². The zero-order valence-electron chi connectivity index (χ0n) is 20.5. The van der Waals surface area contributed by atoms with Gasteiger partial charge in [-0.25, -0.2) is 22.4 Å². The highest BCUT2D eigenvalue weighted by atomic mass is 19.2. The molecule has 0 atom stereocenters. The largest absolute Gasteiger partial charge is 0.487 e. The third kappa shape index (κ3) is 7.31. The smallest absolute Gasteiger partial charge is 0.343 e. The molecular weight excluding hydrogens is 510 g/mol. The van der Waals surface area contributed by atoms with Crippen molar-refractivity contribution in [1.82, 2.24) is 0 Å². The maximum atomic E-state index is 14.5. The highest BCUT2D eigenvalue weighted by Gasteiger charge is 2.26. The quantitative estimate of drug-likeness (QED) is 0.0663. The molecule has 0 saturated heterocycles. The molecule has 3 nitrogen and oxygen atoms in total. The van der Waals surface area contributed by atoms with E-state index >= 15 is 0 Å². The van der Waals surface area contributed by atoms with Crippen LogP contribution in [0.5, 0.6) is 11.5 Å². The molecule has 0 aliphatic rings. The Balaban J connectivity index is 1.67. The molecule has 9 heteroatoms. The predicted octanol–water partition coefficient (Wildman–Crippen LogP) is 7.88. The van der Waals surface area contributed by atoms with Crippen molar-refractivity contribution >= 4 is 5.97 Å². The Morgan fingerprint density at radius 1 is 0.737 bits per heavy atom. The van der Waals surface area contributed by atoms with E-state index in [1.807, 2.05) is 0 Å². The third-order valence-electron chi connectivity index (χ3n) is 5.52. The van der Waals surface area contributed by atoms with E-state index in [0.717, 1.165) is 44.2 Å². The van der Waals surface area contributed by atoms with E-state index in [2.05, 4.69) is 18.8 Å². The summed E-state index contributed by atoms with van der Waals surface area (Å²) in [6.07, 6.45) is 5.36. The molecule has 0 amide bonds. The minimum absolute atomic E-state index is 0.0200. The first-order valence-corrected chi connectivity index (χ1v) is 12.0. The van der Waals surface area contributed by atoms with Crippen molar-refractivity contribution in [2.24, 2.45) is 0 Å². The van der Waals surface area contributed by atoms with E-state index < -0.39 is 52.2 Å². The van der Waals surface area contributed by atoms with Gasteiger partial charge in [0.2, 0.25) is 11.6 Å². The SMILES string of the molecule is CCCCCCCCOc1c(F)c(F)c(C#Cc2ccc(OC(=O)c3ccc(F)c(F)c3)cc2)c(F)c1F. The van der Waals surface area contributed by atoms with Crippen LogP contribution in [0.25, 0.3) is 0 Å². The molecule has 200 valence electrons. The van der Waals surface area contributed by atoms with E-state index in [1.165, 1.54) is 24.3 Å². The van der Waals surface area contributed by atoms with Gasteiger partial charge in [-0.15, -0.1) is 0 Å². The Morgan fingerprint density at radius 2 is 1.37 bits per heavy atom. The summed E-state index contributed by atoms with van der Waals surface area (Å²) in [5.41, 5.74) is -1.14. The molecule has 0 bridgehead atoms. The lowest BCUT2D eigenvalue weighted by molar-refractivity contribution is 0.0734. The summed E-state index contributed by atoms with van der Waals surface area (Å²) >= 11 is 0. The van der Waals surface area contributed by atoms with Gasteiger partial charge in [0.15, 0.2) is 29.0 Å². The topological polar surface area (TPSA) is 35.5 Å². The van der Waals surface area contributed by atoms with Crippen molar-refractivity contribution < 1.29 is 40.6 Å². The lowest BCUT2D eigenvalue weighted by Gasteiger charge is -2.11. The summed E-state index contributed by atoms with van der Waals surface area (Å²) in [6.45, 7) is 1.99. The molecule has 0 heterocycles. The minimum atomic E-state index is -1.67. The number of carbonyl (C=O) groups is 1. The summed E-state index contributed by atoms with van der Waals surface area (Å²) < 4.78 is 94.1. The van der Waals surface area contributed by atoms with E-state index in [4.69, 9.17) is 9.47 Å². The molecule has 3 rings (SSSR count). The van der Waals surface area contributed by atoms with Gasteiger partial charge in [-0.3, -0.25) is 0 Å². The van der Waals surface area contributed by atoms with Crippen LogP contribution in [0.1, 0.15) is 66.9 Å². The molecule has 0 unspecified atom stereocenters. The second-order valence-corrected chi connectivity index (χ2v) is 8.37. The number of hydrogen-bond acceptors (Lipinski definition) is 3. The van der Waals surface area contributed by atoms with Gasteiger partial charge in [-0.05, 0) is 48.9 Å². The number of ether oxygens (including phenoxy) is 2.